The van der Waals surface area contributed by atoms with Crippen molar-refractivity contribution in [3.63, 3.8) is 0 Å². The molecule has 0 aliphatic carbocycles. The summed E-state index contributed by atoms with van der Waals surface area (Å²) in [6, 6.07) is 0. The summed E-state index contributed by atoms with van der Waals surface area (Å²) in [4.78, 5) is 33.5. The molecule has 0 heterocycles. The van der Waals surface area contributed by atoms with Gasteiger partial charge in [0.1, 0.15) is 13.2 Å². The Bertz CT molecular complexity index is 549. The van der Waals surface area contributed by atoms with Crippen LogP contribution in [-0.4, -0.2) is 62.2 Å². The number of carboxylic acids is 1. The highest BCUT2D eigenvalue weighted by molar-refractivity contribution is 5.87. The molecule has 8 nitrogen and oxygen atoms in total. The predicted molar refractivity (Wildman–Crippen MR) is 93.5 cm³/mol. The summed E-state index contributed by atoms with van der Waals surface area (Å²) < 4.78 is 20.6. The number of aliphatic carboxylic acids is 1. The average molecular weight is 370 g/mol. The van der Waals surface area contributed by atoms with Crippen molar-refractivity contribution in [1.82, 2.24) is 0 Å². The molecule has 0 amide bonds. The van der Waals surface area contributed by atoms with E-state index in [9.17, 15) is 14.4 Å². The van der Waals surface area contributed by atoms with Gasteiger partial charge in [-0.25, -0.2) is 14.4 Å². The van der Waals surface area contributed by atoms with Crippen LogP contribution in [0.5, 0.6) is 0 Å². The largest absolute Gasteiger partial charge is 0.478 e. The number of hydrogen-bond donors (Lipinski definition) is 1. The van der Waals surface area contributed by atoms with Crippen LogP contribution >= 0.6 is 0 Å². The third-order valence-electron chi connectivity index (χ3n) is 2.92. The van der Waals surface area contributed by atoms with E-state index in [1.807, 2.05) is 0 Å². The monoisotopic (exact) mass is 370 g/mol. The van der Waals surface area contributed by atoms with Gasteiger partial charge in [-0.1, -0.05) is 19.7 Å². The Morgan fingerprint density at radius 2 is 1.42 bits per heavy atom. The highest BCUT2D eigenvalue weighted by atomic mass is 16.6. The molecule has 146 valence electrons. The first-order valence-electron chi connectivity index (χ1n) is 7.90. The van der Waals surface area contributed by atoms with Gasteiger partial charge in [0.15, 0.2) is 0 Å². The van der Waals surface area contributed by atoms with Gasteiger partial charge >= 0.3 is 17.9 Å². The topological polar surface area (TPSA) is 108 Å². The minimum atomic E-state index is -1.15. The summed E-state index contributed by atoms with van der Waals surface area (Å²) in [5.41, 5.74) is 0.474. The van der Waals surface area contributed by atoms with Gasteiger partial charge in [-0.05, 0) is 13.8 Å². The molecule has 0 rings (SSSR count). The summed E-state index contributed by atoms with van der Waals surface area (Å²) in [6.45, 7) is 13.9. The van der Waals surface area contributed by atoms with Crippen LogP contribution in [0.4, 0.5) is 0 Å². The molecule has 1 N–H and O–H groups in total. The van der Waals surface area contributed by atoms with Gasteiger partial charge in [-0.2, -0.15) is 0 Å². The molecule has 0 aromatic rings. The van der Waals surface area contributed by atoms with Gasteiger partial charge in [-0.15, -0.1) is 0 Å². The van der Waals surface area contributed by atoms with E-state index in [0.29, 0.717) is 5.57 Å². The van der Waals surface area contributed by atoms with Crippen molar-refractivity contribution in [3.05, 3.63) is 36.5 Å². The molecule has 0 radical (unpaired) electrons. The molecule has 0 fully saturated rings. The van der Waals surface area contributed by atoms with Crippen LogP contribution in [-0.2, 0) is 33.3 Å². The minimum Gasteiger partial charge on any atom is -0.478 e. The number of ether oxygens (including phenoxy) is 4. The van der Waals surface area contributed by atoms with Crippen LogP contribution in [0.25, 0.3) is 0 Å². The summed E-state index contributed by atoms with van der Waals surface area (Å²) >= 11 is 0. The molecule has 0 aromatic heterocycles. The molecule has 0 aromatic carbocycles. The van der Waals surface area contributed by atoms with Crippen molar-refractivity contribution in [3.8, 4) is 0 Å². The number of carbonyl (C=O) groups is 3. The SMILES string of the molecule is C=C(C)C(=O)OCCOCCOC(COC(=O)C(=C)C)CC(=C)C(=O)O. The van der Waals surface area contributed by atoms with Crippen LogP contribution < -0.4 is 0 Å². The van der Waals surface area contributed by atoms with E-state index in [0.717, 1.165) is 0 Å². The van der Waals surface area contributed by atoms with E-state index in [-0.39, 0.29) is 50.6 Å². The Morgan fingerprint density at radius 3 is 1.96 bits per heavy atom. The zero-order chi connectivity index (χ0) is 20.1. The molecule has 0 aliphatic heterocycles. The molecular weight excluding hydrogens is 344 g/mol. The van der Waals surface area contributed by atoms with Gasteiger partial charge in [-0.3, -0.25) is 0 Å². The van der Waals surface area contributed by atoms with Crippen molar-refractivity contribution in [2.45, 2.75) is 26.4 Å². The number of esters is 2. The first-order chi connectivity index (χ1) is 12.1. The Morgan fingerprint density at radius 1 is 0.885 bits per heavy atom. The smallest absolute Gasteiger partial charge is 0.333 e. The standard InChI is InChI=1S/C18H26O8/c1-12(2)17(21)25-9-7-23-6-8-24-15(10-14(5)16(19)20)11-26-18(22)13(3)4/h15H,1,3,5-11H2,2,4H3,(H,19,20). The van der Waals surface area contributed by atoms with Gasteiger partial charge < -0.3 is 24.1 Å². The van der Waals surface area contributed by atoms with E-state index in [4.69, 9.17) is 24.1 Å². The highest BCUT2D eigenvalue weighted by Crippen LogP contribution is 2.09. The summed E-state index contributed by atoms with van der Waals surface area (Å²) in [5, 5.41) is 8.90. The fraction of sp³-hybridized carbons (Fsp3) is 0.500. The number of carbonyl (C=O) groups excluding carboxylic acids is 2. The van der Waals surface area contributed by atoms with Crippen LogP contribution in [0.15, 0.2) is 36.5 Å². The summed E-state index contributed by atoms with van der Waals surface area (Å²) in [7, 11) is 0. The first-order valence-corrected chi connectivity index (χ1v) is 7.90. The maximum Gasteiger partial charge on any atom is 0.333 e. The molecule has 1 atom stereocenters. The maximum atomic E-state index is 11.4. The fourth-order valence-corrected chi connectivity index (χ4v) is 1.51. The molecule has 0 saturated heterocycles. The van der Waals surface area contributed by atoms with E-state index >= 15 is 0 Å². The second kappa shape index (κ2) is 12.8. The summed E-state index contributed by atoms with van der Waals surface area (Å²) in [5.74, 6) is -2.23. The minimum absolute atomic E-state index is 0.00493. The zero-order valence-electron chi connectivity index (χ0n) is 15.2. The first kappa shape index (κ1) is 23.5. The average Bonchev–Trinajstić information content (AvgIpc) is 2.57. The van der Waals surface area contributed by atoms with Crippen LogP contribution in [0, 0.1) is 0 Å². The lowest BCUT2D eigenvalue weighted by molar-refractivity contribution is -0.144. The highest BCUT2D eigenvalue weighted by Gasteiger charge is 2.17. The fourth-order valence-electron chi connectivity index (χ4n) is 1.51. The van der Waals surface area contributed by atoms with Gasteiger partial charge in [0.05, 0.1) is 25.9 Å². The molecule has 1 unspecified atom stereocenters. The van der Waals surface area contributed by atoms with Crippen molar-refractivity contribution < 1.29 is 38.4 Å². The Hall–Kier alpha value is -2.45. The lowest BCUT2D eigenvalue weighted by atomic mass is 10.1. The molecule has 0 spiro atoms. The van der Waals surface area contributed by atoms with Crippen LogP contribution in [0.1, 0.15) is 20.3 Å². The third-order valence-corrected chi connectivity index (χ3v) is 2.92. The maximum absolute atomic E-state index is 11.4. The van der Waals surface area contributed by atoms with E-state index in [1.54, 1.807) is 6.92 Å². The Kier molecular flexibility index (Phi) is 11.6. The van der Waals surface area contributed by atoms with Crippen LogP contribution in [0.3, 0.4) is 0 Å². The quantitative estimate of drug-likeness (QED) is 0.279. The summed E-state index contributed by atoms with van der Waals surface area (Å²) in [6.07, 6.45) is -0.679. The van der Waals surface area contributed by atoms with E-state index in [1.165, 1.54) is 6.92 Å². The van der Waals surface area contributed by atoms with Crippen molar-refractivity contribution in [2.24, 2.45) is 0 Å². The molecule has 0 aliphatic rings. The van der Waals surface area contributed by atoms with Crippen molar-refractivity contribution in [1.29, 1.82) is 0 Å². The number of carboxylic acid groups (broad SMARTS) is 1. The zero-order valence-corrected chi connectivity index (χ0v) is 15.2. The van der Waals surface area contributed by atoms with Gasteiger partial charge in [0.2, 0.25) is 0 Å². The molecular formula is C18H26O8. The molecule has 8 heteroatoms. The Balaban J connectivity index is 4.17. The van der Waals surface area contributed by atoms with Gasteiger partial charge in [0, 0.05) is 23.1 Å². The normalized spacial score (nSPS) is 11.3. The third kappa shape index (κ3) is 11.2. The number of rotatable bonds is 14. The Labute approximate surface area is 153 Å². The lowest BCUT2D eigenvalue weighted by Gasteiger charge is -2.18. The van der Waals surface area contributed by atoms with Crippen LogP contribution in [0.2, 0.25) is 0 Å². The van der Waals surface area contributed by atoms with E-state index < -0.39 is 24.0 Å². The molecule has 26 heavy (non-hydrogen) atoms. The van der Waals surface area contributed by atoms with Gasteiger partial charge in [0.25, 0.3) is 0 Å². The number of hydrogen-bond acceptors (Lipinski definition) is 7. The van der Waals surface area contributed by atoms with Crippen molar-refractivity contribution >= 4 is 17.9 Å². The second-order valence-corrected chi connectivity index (χ2v) is 5.51. The molecule has 0 bridgehead atoms. The van der Waals surface area contributed by atoms with E-state index in [2.05, 4.69) is 19.7 Å². The van der Waals surface area contributed by atoms with Crippen molar-refractivity contribution in [2.75, 3.05) is 33.0 Å². The lowest BCUT2D eigenvalue weighted by Crippen LogP contribution is -2.26. The molecule has 0 saturated carbocycles. The predicted octanol–water partition coefficient (Wildman–Crippen LogP) is 1.66. The second-order valence-electron chi connectivity index (χ2n) is 5.51.